The molecule has 0 spiro atoms. The summed E-state index contributed by atoms with van der Waals surface area (Å²) in [4.78, 5) is 25.0. The van der Waals surface area contributed by atoms with Gasteiger partial charge in [-0.2, -0.15) is 0 Å². The maximum Gasteiger partial charge on any atom is 0.335 e. The summed E-state index contributed by atoms with van der Waals surface area (Å²) >= 11 is 0. The van der Waals surface area contributed by atoms with Crippen LogP contribution in [0, 0.1) is 11.6 Å². The number of carbonyl (C=O) groups is 2. The Balaban J connectivity index is 1.57. The fourth-order valence-electron chi connectivity index (χ4n) is 3.01. The van der Waals surface area contributed by atoms with Crippen molar-refractivity contribution in [1.82, 2.24) is 4.90 Å². The molecule has 1 saturated heterocycles. The summed E-state index contributed by atoms with van der Waals surface area (Å²) in [7, 11) is 0. The molecule has 7 heteroatoms. The van der Waals surface area contributed by atoms with Crippen LogP contribution in [0.25, 0.3) is 0 Å². The smallest absolute Gasteiger partial charge is 0.335 e. The van der Waals surface area contributed by atoms with Gasteiger partial charge >= 0.3 is 5.97 Å². The zero-order chi connectivity index (χ0) is 19.4. The quantitative estimate of drug-likeness (QED) is 0.872. The van der Waals surface area contributed by atoms with Gasteiger partial charge in [-0.1, -0.05) is 18.2 Å². The lowest BCUT2D eigenvalue weighted by atomic mass is 10.1. The first-order valence-electron chi connectivity index (χ1n) is 8.60. The van der Waals surface area contributed by atoms with Crippen LogP contribution in [-0.4, -0.2) is 41.6 Å². The summed E-state index contributed by atoms with van der Waals surface area (Å²) in [6.45, 7) is 1.04. The first-order chi connectivity index (χ1) is 12.9. The number of carboxylic acid groups (broad SMARTS) is 1. The van der Waals surface area contributed by atoms with E-state index in [-0.39, 0.29) is 24.4 Å². The van der Waals surface area contributed by atoms with Crippen molar-refractivity contribution in [2.45, 2.75) is 18.9 Å². The maximum atomic E-state index is 13.4. The van der Waals surface area contributed by atoms with Gasteiger partial charge in [0.2, 0.25) is 5.91 Å². The molecule has 1 amide bonds. The number of ether oxygens (including phenoxy) is 1. The number of nitrogens with zero attached hydrogens (tertiary/aromatic N) is 1. The molecule has 2 aromatic rings. The number of carboxylic acids is 1. The van der Waals surface area contributed by atoms with E-state index < -0.39 is 23.7 Å². The topological polar surface area (TPSA) is 66.8 Å². The molecule has 2 aromatic carbocycles. The van der Waals surface area contributed by atoms with Gasteiger partial charge in [0.25, 0.3) is 0 Å². The standard InChI is InChI=1S/C20H19F2NO4/c21-16-7-6-15(11-17(16)22)18-12-23(9-10-27-18)19(24)8-3-13-1-4-14(5-2-13)20(25)26/h1-2,4-7,11,18H,3,8-10,12H2,(H,25,26). The number of carbonyl (C=O) groups excluding carboxylic acids is 1. The second-order valence-electron chi connectivity index (χ2n) is 6.37. The van der Waals surface area contributed by atoms with E-state index in [0.29, 0.717) is 25.1 Å². The Kier molecular flexibility index (Phi) is 5.81. The van der Waals surface area contributed by atoms with Crippen molar-refractivity contribution in [2.24, 2.45) is 0 Å². The van der Waals surface area contributed by atoms with Gasteiger partial charge in [-0.25, -0.2) is 13.6 Å². The van der Waals surface area contributed by atoms with Crippen molar-refractivity contribution < 1.29 is 28.2 Å². The van der Waals surface area contributed by atoms with Crippen LogP contribution in [0.1, 0.15) is 34.0 Å². The van der Waals surface area contributed by atoms with Crippen molar-refractivity contribution in [3.63, 3.8) is 0 Å². The number of amides is 1. The molecule has 1 fully saturated rings. The van der Waals surface area contributed by atoms with Gasteiger partial charge in [0.05, 0.1) is 18.7 Å². The molecule has 3 rings (SSSR count). The van der Waals surface area contributed by atoms with Gasteiger partial charge < -0.3 is 14.7 Å². The molecule has 5 nitrogen and oxygen atoms in total. The molecule has 1 N–H and O–H groups in total. The maximum absolute atomic E-state index is 13.4. The van der Waals surface area contributed by atoms with E-state index in [2.05, 4.69) is 0 Å². The molecule has 1 unspecified atom stereocenters. The second kappa shape index (κ2) is 8.26. The lowest BCUT2D eigenvalue weighted by molar-refractivity contribution is -0.139. The lowest BCUT2D eigenvalue weighted by Crippen LogP contribution is -2.42. The van der Waals surface area contributed by atoms with Crippen molar-refractivity contribution in [2.75, 3.05) is 19.7 Å². The lowest BCUT2D eigenvalue weighted by Gasteiger charge is -2.33. The summed E-state index contributed by atoms with van der Waals surface area (Å²) in [5.74, 6) is -2.91. The molecule has 27 heavy (non-hydrogen) atoms. The molecule has 0 bridgehead atoms. The Morgan fingerprint density at radius 3 is 2.52 bits per heavy atom. The third-order valence-electron chi connectivity index (χ3n) is 4.56. The van der Waals surface area contributed by atoms with Crippen molar-refractivity contribution in [3.8, 4) is 0 Å². The molecule has 0 aliphatic carbocycles. The Bertz CT molecular complexity index is 838. The van der Waals surface area contributed by atoms with Gasteiger partial charge in [-0.3, -0.25) is 4.79 Å². The van der Waals surface area contributed by atoms with Crippen LogP contribution in [0.3, 0.4) is 0 Å². The number of aryl methyl sites for hydroxylation is 1. The van der Waals surface area contributed by atoms with Crippen molar-refractivity contribution in [3.05, 3.63) is 70.8 Å². The number of hydrogen-bond acceptors (Lipinski definition) is 3. The van der Waals surface area contributed by atoms with E-state index in [0.717, 1.165) is 17.7 Å². The molecular formula is C20H19F2NO4. The Morgan fingerprint density at radius 2 is 1.85 bits per heavy atom. The third kappa shape index (κ3) is 4.68. The predicted octanol–water partition coefficient (Wildman–Crippen LogP) is 3.20. The number of hydrogen-bond donors (Lipinski definition) is 1. The summed E-state index contributed by atoms with van der Waals surface area (Å²) < 4.78 is 32.1. The number of aromatic carboxylic acids is 1. The Labute approximate surface area is 155 Å². The molecule has 0 saturated carbocycles. The molecule has 0 aromatic heterocycles. The monoisotopic (exact) mass is 375 g/mol. The number of rotatable bonds is 5. The molecule has 0 radical (unpaired) electrons. The Morgan fingerprint density at radius 1 is 1.11 bits per heavy atom. The highest BCUT2D eigenvalue weighted by Crippen LogP contribution is 2.24. The van der Waals surface area contributed by atoms with Gasteiger partial charge in [0, 0.05) is 13.0 Å². The highest BCUT2D eigenvalue weighted by molar-refractivity contribution is 5.87. The van der Waals surface area contributed by atoms with Gasteiger partial charge in [-0.05, 0) is 41.8 Å². The van der Waals surface area contributed by atoms with E-state index in [9.17, 15) is 18.4 Å². The van der Waals surface area contributed by atoms with Gasteiger partial charge in [0.15, 0.2) is 11.6 Å². The molecule has 142 valence electrons. The summed E-state index contributed by atoms with van der Waals surface area (Å²) in [6, 6.07) is 10.0. The molecule has 1 aliphatic heterocycles. The molecular weight excluding hydrogens is 356 g/mol. The molecule has 1 aliphatic rings. The fraction of sp³-hybridized carbons (Fsp3) is 0.300. The first-order valence-corrected chi connectivity index (χ1v) is 8.60. The predicted molar refractivity (Wildman–Crippen MR) is 93.4 cm³/mol. The highest BCUT2D eigenvalue weighted by Gasteiger charge is 2.25. The van der Waals surface area contributed by atoms with Crippen LogP contribution in [0.5, 0.6) is 0 Å². The van der Waals surface area contributed by atoms with E-state index in [1.165, 1.54) is 18.2 Å². The van der Waals surface area contributed by atoms with Crippen LogP contribution in [-0.2, 0) is 16.0 Å². The van der Waals surface area contributed by atoms with Crippen molar-refractivity contribution in [1.29, 1.82) is 0 Å². The number of benzene rings is 2. The third-order valence-corrected chi connectivity index (χ3v) is 4.56. The summed E-state index contributed by atoms with van der Waals surface area (Å²) in [5.41, 5.74) is 1.57. The minimum absolute atomic E-state index is 0.0619. The van der Waals surface area contributed by atoms with Crippen LogP contribution >= 0.6 is 0 Å². The minimum atomic E-state index is -0.991. The van der Waals surface area contributed by atoms with Crippen LogP contribution in [0.15, 0.2) is 42.5 Å². The van der Waals surface area contributed by atoms with Crippen LogP contribution in [0.4, 0.5) is 8.78 Å². The van der Waals surface area contributed by atoms with E-state index in [1.807, 2.05) is 0 Å². The SMILES string of the molecule is O=C(O)c1ccc(CCC(=O)N2CCOC(c3ccc(F)c(F)c3)C2)cc1. The normalized spacial score (nSPS) is 17.0. The number of morpholine rings is 1. The molecule has 1 heterocycles. The van der Waals surface area contributed by atoms with E-state index in [1.54, 1.807) is 17.0 Å². The van der Waals surface area contributed by atoms with Crippen LogP contribution in [0.2, 0.25) is 0 Å². The van der Waals surface area contributed by atoms with Crippen molar-refractivity contribution >= 4 is 11.9 Å². The van der Waals surface area contributed by atoms with E-state index >= 15 is 0 Å². The summed E-state index contributed by atoms with van der Waals surface area (Å²) in [6.07, 6.45) is 0.274. The average molecular weight is 375 g/mol. The highest BCUT2D eigenvalue weighted by atomic mass is 19.2. The Hall–Kier alpha value is -2.80. The second-order valence-corrected chi connectivity index (χ2v) is 6.37. The zero-order valence-electron chi connectivity index (χ0n) is 14.5. The first kappa shape index (κ1) is 19.0. The number of halogens is 2. The fourth-order valence-corrected chi connectivity index (χ4v) is 3.01. The minimum Gasteiger partial charge on any atom is -0.478 e. The summed E-state index contributed by atoms with van der Waals surface area (Å²) in [5, 5.41) is 8.90. The van der Waals surface area contributed by atoms with E-state index in [4.69, 9.17) is 9.84 Å². The van der Waals surface area contributed by atoms with Gasteiger partial charge in [-0.15, -0.1) is 0 Å². The average Bonchev–Trinajstić information content (AvgIpc) is 2.68. The molecule has 1 atom stereocenters. The largest absolute Gasteiger partial charge is 0.478 e. The van der Waals surface area contributed by atoms with Crippen LogP contribution < -0.4 is 0 Å². The van der Waals surface area contributed by atoms with Gasteiger partial charge in [0.1, 0.15) is 6.10 Å². The zero-order valence-corrected chi connectivity index (χ0v) is 14.5.